The predicted octanol–water partition coefficient (Wildman–Crippen LogP) is 1.52. The highest BCUT2D eigenvalue weighted by molar-refractivity contribution is 7.82. The fraction of sp³-hybridized carbons (Fsp3) is 0.444. The molecule has 2 rings (SSSR count). The van der Waals surface area contributed by atoms with Crippen molar-refractivity contribution in [1.29, 1.82) is 0 Å². The second kappa shape index (κ2) is 2.66. The van der Waals surface area contributed by atoms with Crippen molar-refractivity contribution < 1.29 is 0 Å². The zero-order valence-electron chi connectivity index (χ0n) is 7.04. The normalized spacial score (nSPS) is 33.2. The Morgan fingerprint density at radius 3 is 3.33 bits per heavy atom. The van der Waals surface area contributed by atoms with Gasteiger partial charge in [0, 0.05) is 19.0 Å². The minimum absolute atomic E-state index is 0.195. The summed E-state index contributed by atoms with van der Waals surface area (Å²) in [5.41, 5.74) is 2.49. The molecule has 0 aromatic heterocycles. The van der Waals surface area contributed by atoms with E-state index in [1.807, 2.05) is 19.3 Å². The van der Waals surface area contributed by atoms with Crippen LogP contribution in [0.2, 0.25) is 0 Å². The average molecular weight is 180 g/mol. The number of aliphatic imine (C=N–C) groups is 1. The number of rotatable bonds is 0. The molecular weight excluding hydrogens is 168 g/mol. The molecule has 3 heteroatoms. The summed E-state index contributed by atoms with van der Waals surface area (Å²) >= 11 is 4.48. The van der Waals surface area contributed by atoms with Crippen molar-refractivity contribution in [2.24, 2.45) is 4.99 Å². The van der Waals surface area contributed by atoms with E-state index in [-0.39, 0.29) is 4.75 Å². The third-order valence-electron chi connectivity index (χ3n) is 2.06. The number of hydrogen-bond acceptors (Lipinski definition) is 3. The fourth-order valence-corrected chi connectivity index (χ4v) is 1.73. The molecule has 2 aliphatic rings. The first-order valence-electron chi connectivity index (χ1n) is 4.10. The number of allylic oxidation sites excluding steroid dienone is 1. The van der Waals surface area contributed by atoms with Crippen LogP contribution in [0.4, 0.5) is 0 Å². The molecule has 2 aliphatic heterocycles. The maximum atomic E-state index is 4.48. The molecule has 0 aromatic carbocycles. The summed E-state index contributed by atoms with van der Waals surface area (Å²) < 4.78 is -0.195. The van der Waals surface area contributed by atoms with E-state index in [9.17, 15) is 0 Å². The Kier molecular flexibility index (Phi) is 1.76. The van der Waals surface area contributed by atoms with Crippen LogP contribution in [-0.4, -0.2) is 17.5 Å². The van der Waals surface area contributed by atoms with E-state index in [0.717, 1.165) is 18.7 Å². The lowest BCUT2D eigenvalue weighted by Crippen LogP contribution is -2.14. The predicted molar refractivity (Wildman–Crippen MR) is 54.7 cm³/mol. The lowest BCUT2D eigenvalue weighted by atomic mass is 10.1. The summed E-state index contributed by atoms with van der Waals surface area (Å²) in [5, 5.41) is 3.28. The van der Waals surface area contributed by atoms with E-state index in [2.05, 4.69) is 29.0 Å². The van der Waals surface area contributed by atoms with Crippen LogP contribution in [0.15, 0.2) is 28.5 Å². The lowest BCUT2D eigenvalue weighted by molar-refractivity contribution is 0.910. The van der Waals surface area contributed by atoms with Crippen molar-refractivity contribution in [3.63, 3.8) is 0 Å². The highest BCUT2D eigenvalue weighted by Gasteiger charge is 2.21. The molecule has 0 amide bonds. The van der Waals surface area contributed by atoms with Crippen molar-refractivity contribution in [3.05, 3.63) is 23.5 Å². The van der Waals surface area contributed by atoms with Crippen molar-refractivity contribution in [1.82, 2.24) is 5.32 Å². The molecule has 1 unspecified atom stereocenters. The minimum atomic E-state index is -0.195. The molecule has 1 N–H and O–H groups in total. The van der Waals surface area contributed by atoms with Gasteiger partial charge >= 0.3 is 0 Å². The Morgan fingerprint density at radius 1 is 1.67 bits per heavy atom. The van der Waals surface area contributed by atoms with E-state index >= 15 is 0 Å². The molecule has 1 fully saturated rings. The van der Waals surface area contributed by atoms with Crippen LogP contribution in [0, 0.1) is 0 Å². The highest BCUT2D eigenvalue weighted by atomic mass is 32.1. The molecule has 0 aromatic rings. The largest absolute Gasteiger partial charge is 0.383 e. The van der Waals surface area contributed by atoms with Gasteiger partial charge in [-0.1, -0.05) is 6.08 Å². The zero-order chi connectivity index (χ0) is 8.60. The first-order chi connectivity index (χ1) is 5.67. The second-order valence-corrected chi connectivity index (χ2v) is 4.36. The molecule has 0 saturated carbocycles. The first-order valence-corrected chi connectivity index (χ1v) is 4.55. The summed E-state index contributed by atoms with van der Waals surface area (Å²) in [6.45, 7) is 3.07. The minimum Gasteiger partial charge on any atom is -0.383 e. The number of fused-ring (bicyclic) bond motifs is 1. The van der Waals surface area contributed by atoms with Crippen LogP contribution in [0.25, 0.3) is 0 Å². The number of hydrogen-bond donors (Lipinski definition) is 2. The molecule has 1 saturated heterocycles. The van der Waals surface area contributed by atoms with Gasteiger partial charge in [-0.3, -0.25) is 4.99 Å². The van der Waals surface area contributed by atoms with Crippen molar-refractivity contribution in [2.45, 2.75) is 18.1 Å². The average Bonchev–Trinajstić information content (AvgIpc) is 2.31. The second-order valence-electron chi connectivity index (χ2n) is 3.39. The Balaban J connectivity index is 2.40. The monoisotopic (exact) mass is 180 g/mol. The van der Waals surface area contributed by atoms with Crippen LogP contribution >= 0.6 is 12.6 Å². The van der Waals surface area contributed by atoms with Gasteiger partial charge in [-0.05, 0) is 18.9 Å². The van der Waals surface area contributed by atoms with Gasteiger partial charge in [0.15, 0.2) is 0 Å². The summed E-state index contributed by atoms with van der Waals surface area (Å²) in [7, 11) is 0. The van der Waals surface area contributed by atoms with E-state index in [1.165, 1.54) is 5.57 Å². The third kappa shape index (κ3) is 1.41. The lowest BCUT2D eigenvalue weighted by Gasteiger charge is -2.11. The number of nitrogens with one attached hydrogen (secondary N) is 1. The van der Waals surface area contributed by atoms with Gasteiger partial charge in [0.25, 0.3) is 0 Å². The molecule has 0 radical (unpaired) electrons. The molecule has 2 heterocycles. The molecular formula is C9H12N2S. The van der Waals surface area contributed by atoms with Crippen molar-refractivity contribution in [3.8, 4) is 0 Å². The van der Waals surface area contributed by atoms with Gasteiger partial charge in [0.05, 0.1) is 10.4 Å². The van der Waals surface area contributed by atoms with E-state index in [1.54, 1.807) is 0 Å². The van der Waals surface area contributed by atoms with Crippen molar-refractivity contribution in [2.75, 3.05) is 6.54 Å². The number of nitrogens with zero attached hydrogens (tertiary/aromatic N) is 1. The Hall–Kier alpha value is -0.700. The van der Waals surface area contributed by atoms with Gasteiger partial charge in [-0.15, -0.1) is 0 Å². The van der Waals surface area contributed by atoms with Gasteiger partial charge in [-0.25, -0.2) is 0 Å². The molecule has 12 heavy (non-hydrogen) atoms. The molecule has 0 spiro atoms. The molecule has 64 valence electrons. The third-order valence-corrected chi connectivity index (χ3v) is 2.31. The summed E-state index contributed by atoms with van der Waals surface area (Å²) in [6.07, 6.45) is 6.99. The SMILES string of the molecule is CC1(S)C=NC=C2NCCC2=C1. The highest BCUT2D eigenvalue weighted by Crippen LogP contribution is 2.26. The standard InChI is InChI=1S/C9H12N2S/c1-9(12)4-7-2-3-11-8(7)5-10-6-9/h4-6,11-12H,2-3H2,1H3. The van der Waals surface area contributed by atoms with Gasteiger partial charge in [0.2, 0.25) is 0 Å². The van der Waals surface area contributed by atoms with Gasteiger partial charge in [0.1, 0.15) is 0 Å². The van der Waals surface area contributed by atoms with E-state index < -0.39 is 0 Å². The quantitative estimate of drug-likeness (QED) is 0.543. The summed E-state index contributed by atoms with van der Waals surface area (Å²) in [4.78, 5) is 4.19. The molecule has 2 nitrogen and oxygen atoms in total. The zero-order valence-corrected chi connectivity index (χ0v) is 7.94. The van der Waals surface area contributed by atoms with Crippen LogP contribution in [-0.2, 0) is 0 Å². The van der Waals surface area contributed by atoms with Crippen LogP contribution in [0.5, 0.6) is 0 Å². The Labute approximate surface area is 77.9 Å². The topological polar surface area (TPSA) is 24.4 Å². The Bertz CT molecular complexity index is 287. The maximum absolute atomic E-state index is 4.48. The summed E-state index contributed by atoms with van der Waals surface area (Å²) in [6, 6.07) is 0. The first kappa shape index (κ1) is 7.92. The van der Waals surface area contributed by atoms with E-state index in [0.29, 0.717) is 0 Å². The van der Waals surface area contributed by atoms with Crippen molar-refractivity contribution >= 4 is 18.8 Å². The van der Waals surface area contributed by atoms with Gasteiger partial charge < -0.3 is 5.32 Å². The van der Waals surface area contributed by atoms with Gasteiger partial charge in [-0.2, -0.15) is 12.6 Å². The van der Waals surface area contributed by atoms with Crippen LogP contribution in [0.3, 0.4) is 0 Å². The molecule has 0 bridgehead atoms. The fourth-order valence-electron chi connectivity index (χ4n) is 1.51. The molecule has 1 atom stereocenters. The van der Waals surface area contributed by atoms with E-state index in [4.69, 9.17) is 0 Å². The van der Waals surface area contributed by atoms with Crippen LogP contribution in [0.1, 0.15) is 13.3 Å². The summed E-state index contributed by atoms with van der Waals surface area (Å²) in [5.74, 6) is 0. The molecule has 0 aliphatic carbocycles. The number of thiol groups is 1. The smallest absolute Gasteiger partial charge is 0.0638 e. The Morgan fingerprint density at radius 2 is 2.50 bits per heavy atom. The maximum Gasteiger partial charge on any atom is 0.0638 e. The van der Waals surface area contributed by atoms with Crippen LogP contribution < -0.4 is 5.32 Å².